The number of nitrogen functional groups attached to an aromatic ring is 1. The zero-order valence-electron chi connectivity index (χ0n) is 11.1. The number of ether oxygens (including phenoxy) is 1. The SMILES string of the molecule is Cc1ccc(N)c(NC(C)CN2CCOCC2)n1. The Bertz CT molecular complexity index is 391. The highest BCUT2D eigenvalue weighted by atomic mass is 16.5. The molecule has 1 aromatic rings. The average Bonchev–Trinajstić information content (AvgIpc) is 2.35. The van der Waals surface area contributed by atoms with Crippen LogP contribution in [0.1, 0.15) is 12.6 Å². The highest BCUT2D eigenvalue weighted by molar-refractivity contribution is 5.61. The second-order valence-corrected chi connectivity index (χ2v) is 4.85. The molecule has 1 aliphatic rings. The van der Waals surface area contributed by atoms with E-state index in [0.29, 0.717) is 11.7 Å². The lowest BCUT2D eigenvalue weighted by Crippen LogP contribution is -2.42. The summed E-state index contributed by atoms with van der Waals surface area (Å²) in [6.45, 7) is 8.77. The van der Waals surface area contributed by atoms with Gasteiger partial charge in [-0.25, -0.2) is 4.98 Å². The molecule has 5 nitrogen and oxygen atoms in total. The maximum atomic E-state index is 5.91. The topological polar surface area (TPSA) is 63.4 Å². The van der Waals surface area contributed by atoms with Crippen molar-refractivity contribution in [1.29, 1.82) is 0 Å². The Morgan fingerprint density at radius 3 is 2.89 bits per heavy atom. The minimum atomic E-state index is 0.319. The number of nitrogens with one attached hydrogen (secondary N) is 1. The van der Waals surface area contributed by atoms with Gasteiger partial charge in [-0.2, -0.15) is 0 Å². The fourth-order valence-electron chi connectivity index (χ4n) is 2.13. The normalized spacial score (nSPS) is 18.6. The van der Waals surface area contributed by atoms with Crippen molar-refractivity contribution in [1.82, 2.24) is 9.88 Å². The lowest BCUT2D eigenvalue weighted by Gasteiger charge is -2.29. The fraction of sp³-hybridized carbons (Fsp3) is 0.615. The van der Waals surface area contributed by atoms with Crippen LogP contribution < -0.4 is 11.1 Å². The molecule has 2 heterocycles. The summed E-state index contributed by atoms with van der Waals surface area (Å²) in [5.41, 5.74) is 7.59. The van der Waals surface area contributed by atoms with Gasteiger partial charge in [0.05, 0.1) is 18.9 Å². The van der Waals surface area contributed by atoms with Crippen molar-refractivity contribution in [3.63, 3.8) is 0 Å². The second kappa shape index (κ2) is 6.02. The molecule has 0 saturated carbocycles. The van der Waals surface area contributed by atoms with E-state index in [1.165, 1.54) is 0 Å². The third kappa shape index (κ3) is 3.58. The summed E-state index contributed by atoms with van der Waals surface area (Å²) in [5, 5.41) is 3.38. The maximum absolute atomic E-state index is 5.91. The van der Waals surface area contributed by atoms with Gasteiger partial charge in [-0.3, -0.25) is 4.90 Å². The first kappa shape index (κ1) is 13.1. The van der Waals surface area contributed by atoms with E-state index in [-0.39, 0.29) is 0 Å². The van der Waals surface area contributed by atoms with E-state index in [2.05, 4.69) is 22.1 Å². The summed E-state index contributed by atoms with van der Waals surface area (Å²) in [6, 6.07) is 4.14. The Labute approximate surface area is 108 Å². The molecule has 2 rings (SSSR count). The average molecular weight is 250 g/mol. The first-order valence-electron chi connectivity index (χ1n) is 6.45. The van der Waals surface area contributed by atoms with Crippen molar-refractivity contribution in [2.24, 2.45) is 0 Å². The van der Waals surface area contributed by atoms with Gasteiger partial charge in [0.25, 0.3) is 0 Å². The smallest absolute Gasteiger partial charge is 0.149 e. The Kier molecular flexibility index (Phi) is 4.38. The summed E-state index contributed by atoms with van der Waals surface area (Å²) < 4.78 is 5.34. The van der Waals surface area contributed by atoms with Crippen LogP contribution in [0, 0.1) is 6.92 Å². The second-order valence-electron chi connectivity index (χ2n) is 4.85. The molecule has 100 valence electrons. The van der Waals surface area contributed by atoms with Gasteiger partial charge in [-0.1, -0.05) is 0 Å². The molecule has 1 fully saturated rings. The number of aryl methyl sites for hydroxylation is 1. The van der Waals surface area contributed by atoms with Crippen molar-refractivity contribution >= 4 is 11.5 Å². The quantitative estimate of drug-likeness (QED) is 0.838. The van der Waals surface area contributed by atoms with Crippen LogP contribution in [0.2, 0.25) is 0 Å². The minimum absolute atomic E-state index is 0.319. The van der Waals surface area contributed by atoms with E-state index in [1.807, 2.05) is 19.1 Å². The van der Waals surface area contributed by atoms with Gasteiger partial charge < -0.3 is 15.8 Å². The molecule has 1 unspecified atom stereocenters. The van der Waals surface area contributed by atoms with E-state index in [4.69, 9.17) is 10.5 Å². The zero-order valence-corrected chi connectivity index (χ0v) is 11.1. The number of pyridine rings is 1. The monoisotopic (exact) mass is 250 g/mol. The number of nitrogens with zero attached hydrogens (tertiary/aromatic N) is 2. The fourth-order valence-corrected chi connectivity index (χ4v) is 2.13. The van der Waals surface area contributed by atoms with Gasteiger partial charge in [0.1, 0.15) is 5.82 Å². The summed E-state index contributed by atoms with van der Waals surface area (Å²) in [5.74, 6) is 0.788. The largest absolute Gasteiger partial charge is 0.396 e. The molecule has 0 radical (unpaired) electrons. The predicted molar refractivity (Wildman–Crippen MR) is 73.7 cm³/mol. The standard InChI is InChI=1S/C13H22N4O/c1-10-3-4-12(14)13(15-10)16-11(2)9-17-5-7-18-8-6-17/h3-4,11H,5-9,14H2,1-2H3,(H,15,16). The third-order valence-electron chi connectivity index (χ3n) is 3.08. The van der Waals surface area contributed by atoms with Crippen LogP contribution in [0.3, 0.4) is 0 Å². The van der Waals surface area contributed by atoms with E-state index in [9.17, 15) is 0 Å². The molecule has 1 aliphatic heterocycles. The number of anilines is 2. The van der Waals surface area contributed by atoms with Gasteiger partial charge in [0.2, 0.25) is 0 Å². The van der Waals surface area contributed by atoms with Crippen molar-refractivity contribution < 1.29 is 4.74 Å². The number of morpholine rings is 1. The van der Waals surface area contributed by atoms with E-state index >= 15 is 0 Å². The van der Waals surface area contributed by atoms with E-state index in [0.717, 1.165) is 44.4 Å². The molecular weight excluding hydrogens is 228 g/mol. The molecular formula is C13H22N4O. The Hall–Kier alpha value is -1.33. The Balaban J connectivity index is 1.89. The van der Waals surface area contributed by atoms with Crippen LogP contribution in [-0.2, 0) is 4.74 Å². The van der Waals surface area contributed by atoms with Gasteiger partial charge in [-0.15, -0.1) is 0 Å². The highest BCUT2D eigenvalue weighted by Gasteiger charge is 2.14. The van der Waals surface area contributed by atoms with Crippen LogP contribution in [0.15, 0.2) is 12.1 Å². The van der Waals surface area contributed by atoms with Crippen molar-refractivity contribution in [2.45, 2.75) is 19.9 Å². The molecule has 1 saturated heterocycles. The minimum Gasteiger partial charge on any atom is -0.396 e. The summed E-state index contributed by atoms with van der Waals surface area (Å²) in [4.78, 5) is 6.82. The summed E-state index contributed by atoms with van der Waals surface area (Å²) in [6.07, 6.45) is 0. The summed E-state index contributed by atoms with van der Waals surface area (Å²) >= 11 is 0. The van der Waals surface area contributed by atoms with Crippen molar-refractivity contribution in [2.75, 3.05) is 43.9 Å². The van der Waals surface area contributed by atoms with Crippen molar-refractivity contribution in [3.05, 3.63) is 17.8 Å². The van der Waals surface area contributed by atoms with Crippen LogP contribution in [0.25, 0.3) is 0 Å². The lowest BCUT2D eigenvalue weighted by atomic mass is 10.2. The molecule has 0 spiro atoms. The number of nitrogens with two attached hydrogens (primary N) is 1. The Morgan fingerprint density at radius 1 is 1.44 bits per heavy atom. The molecule has 3 N–H and O–H groups in total. The molecule has 0 aliphatic carbocycles. The summed E-state index contributed by atoms with van der Waals surface area (Å²) in [7, 11) is 0. The number of hydrogen-bond acceptors (Lipinski definition) is 5. The third-order valence-corrected chi connectivity index (χ3v) is 3.08. The van der Waals surface area contributed by atoms with Gasteiger partial charge in [-0.05, 0) is 26.0 Å². The molecule has 1 aromatic heterocycles. The van der Waals surface area contributed by atoms with Gasteiger partial charge >= 0.3 is 0 Å². The first-order chi connectivity index (χ1) is 8.65. The predicted octanol–water partition coefficient (Wildman–Crippen LogP) is 1.10. The number of rotatable bonds is 4. The molecule has 5 heteroatoms. The van der Waals surface area contributed by atoms with Crippen LogP contribution in [0.4, 0.5) is 11.5 Å². The molecule has 18 heavy (non-hydrogen) atoms. The number of aromatic nitrogens is 1. The van der Waals surface area contributed by atoms with Crippen LogP contribution in [-0.4, -0.2) is 48.8 Å². The lowest BCUT2D eigenvalue weighted by molar-refractivity contribution is 0.0368. The number of hydrogen-bond donors (Lipinski definition) is 2. The van der Waals surface area contributed by atoms with Gasteiger partial charge in [0, 0.05) is 31.4 Å². The van der Waals surface area contributed by atoms with E-state index in [1.54, 1.807) is 0 Å². The molecule has 0 aromatic carbocycles. The van der Waals surface area contributed by atoms with E-state index < -0.39 is 0 Å². The Morgan fingerprint density at radius 2 is 2.17 bits per heavy atom. The molecule has 0 amide bonds. The zero-order chi connectivity index (χ0) is 13.0. The van der Waals surface area contributed by atoms with Crippen molar-refractivity contribution in [3.8, 4) is 0 Å². The molecule has 1 atom stereocenters. The first-order valence-corrected chi connectivity index (χ1v) is 6.45. The van der Waals surface area contributed by atoms with Gasteiger partial charge in [0.15, 0.2) is 0 Å². The van der Waals surface area contributed by atoms with Crippen LogP contribution in [0.5, 0.6) is 0 Å². The van der Waals surface area contributed by atoms with Crippen LogP contribution >= 0.6 is 0 Å². The highest BCUT2D eigenvalue weighted by Crippen LogP contribution is 2.16. The molecule has 0 bridgehead atoms. The maximum Gasteiger partial charge on any atom is 0.149 e.